The summed E-state index contributed by atoms with van der Waals surface area (Å²) in [7, 11) is 0. The van der Waals surface area contributed by atoms with Gasteiger partial charge < -0.3 is 0 Å². The van der Waals surface area contributed by atoms with E-state index >= 15 is 0 Å². The van der Waals surface area contributed by atoms with Crippen molar-refractivity contribution in [2.24, 2.45) is 0 Å². The Morgan fingerprint density at radius 2 is 2.21 bits per heavy atom. The molecular weight excluding hydrogens is 221 g/mol. The van der Waals surface area contributed by atoms with E-state index in [1.165, 1.54) is 0 Å². The molecule has 0 aromatic carbocycles. The lowest BCUT2D eigenvalue weighted by Crippen LogP contribution is -1.96. The van der Waals surface area contributed by atoms with Crippen LogP contribution in [-0.4, -0.2) is 10.8 Å². The number of ketones is 1. The highest BCUT2D eigenvalue weighted by Gasteiger charge is 2.25. The average Bonchev–Trinajstić information content (AvgIpc) is 2.56. The molecule has 4 heteroatoms. The van der Waals surface area contributed by atoms with E-state index in [0.717, 1.165) is 12.0 Å². The van der Waals surface area contributed by atoms with Gasteiger partial charge in [-0.3, -0.25) is 4.79 Å². The fourth-order valence-corrected chi connectivity index (χ4v) is 2.24. The molecule has 1 heterocycles. The summed E-state index contributed by atoms with van der Waals surface area (Å²) in [5.41, 5.74) is 0.956. The first-order valence-corrected chi connectivity index (χ1v) is 5.25. The van der Waals surface area contributed by atoms with Crippen LogP contribution in [0.3, 0.4) is 0 Å². The minimum Gasteiger partial charge on any atom is -0.300 e. The van der Waals surface area contributed by atoms with Gasteiger partial charge in [0.15, 0.2) is 0 Å². The summed E-state index contributed by atoms with van der Waals surface area (Å²) in [6, 6.07) is 1.76. The van der Waals surface area contributed by atoms with Crippen LogP contribution >= 0.6 is 23.2 Å². The third-order valence-corrected chi connectivity index (χ3v) is 3.06. The van der Waals surface area contributed by atoms with Crippen molar-refractivity contribution >= 4 is 29.0 Å². The Hall–Kier alpha value is -0.600. The zero-order valence-corrected chi connectivity index (χ0v) is 8.98. The lowest BCUT2D eigenvalue weighted by molar-refractivity contribution is -0.117. The molecule has 0 radical (unpaired) electrons. The molecule has 1 atom stereocenters. The fraction of sp³-hybridized carbons (Fsp3) is 0.400. The zero-order valence-electron chi connectivity index (χ0n) is 7.46. The number of carbonyl (C=O) groups is 1. The van der Waals surface area contributed by atoms with Crippen LogP contribution < -0.4 is 0 Å². The molecule has 1 unspecified atom stereocenters. The van der Waals surface area contributed by atoms with E-state index in [0.29, 0.717) is 28.8 Å². The topological polar surface area (TPSA) is 30.0 Å². The van der Waals surface area contributed by atoms with Crippen LogP contribution in [0.25, 0.3) is 0 Å². The van der Waals surface area contributed by atoms with Gasteiger partial charge in [-0.25, -0.2) is 4.98 Å². The quantitative estimate of drug-likeness (QED) is 0.693. The van der Waals surface area contributed by atoms with Gasteiger partial charge in [-0.15, -0.1) is 0 Å². The lowest BCUT2D eigenvalue weighted by atomic mass is 9.99. The Labute approximate surface area is 92.2 Å². The predicted molar refractivity (Wildman–Crippen MR) is 55.9 cm³/mol. The normalized spacial score (nSPS) is 21.6. The van der Waals surface area contributed by atoms with Crippen molar-refractivity contribution < 1.29 is 4.79 Å². The Bertz CT molecular complexity index is 378. The first kappa shape index (κ1) is 9.94. The first-order valence-electron chi connectivity index (χ1n) is 4.49. The predicted octanol–water partition coefficient (Wildman–Crippen LogP) is 3.23. The molecule has 1 saturated carbocycles. The summed E-state index contributed by atoms with van der Waals surface area (Å²) in [6.45, 7) is 0. The van der Waals surface area contributed by atoms with E-state index in [9.17, 15) is 4.79 Å². The second-order valence-corrected chi connectivity index (χ2v) is 4.30. The van der Waals surface area contributed by atoms with Crippen LogP contribution in [0.5, 0.6) is 0 Å². The summed E-state index contributed by atoms with van der Waals surface area (Å²) in [5.74, 6) is 0.537. The molecule has 0 saturated heterocycles. The minimum absolute atomic E-state index is 0.232. The van der Waals surface area contributed by atoms with Gasteiger partial charge in [0.2, 0.25) is 0 Å². The highest BCUT2D eigenvalue weighted by Crippen LogP contribution is 2.36. The summed E-state index contributed by atoms with van der Waals surface area (Å²) in [4.78, 5) is 15.0. The molecule has 1 aliphatic rings. The third-order valence-electron chi connectivity index (χ3n) is 2.54. The molecule has 0 bridgehead atoms. The maximum absolute atomic E-state index is 11.1. The molecule has 74 valence electrons. The Morgan fingerprint density at radius 1 is 1.43 bits per heavy atom. The van der Waals surface area contributed by atoms with Crippen LogP contribution in [0.4, 0.5) is 0 Å². The van der Waals surface area contributed by atoms with Gasteiger partial charge >= 0.3 is 0 Å². The second kappa shape index (κ2) is 3.87. The number of rotatable bonds is 1. The van der Waals surface area contributed by atoms with Crippen molar-refractivity contribution in [3.8, 4) is 0 Å². The van der Waals surface area contributed by atoms with Crippen molar-refractivity contribution in [3.63, 3.8) is 0 Å². The van der Waals surface area contributed by atoms with E-state index in [1.54, 1.807) is 12.3 Å². The van der Waals surface area contributed by atoms with Crippen molar-refractivity contribution in [1.82, 2.24) is 4.98 Å². The minimum atomic E-state index is 0.232. The highest BCUT2D eigenvalue weighted by molar-refractivity contribution is 6.32. The highest BCUT2D eigenvalue weighted by atomic mass is 35.5. The maximum Gasteiger partial charge on any atom is 0.133 e. The molecule has 1 fully saturated rings. The summed E-state index contributed by atoms with van der Waals surface area (Å²) < 4.78 is 0. The average molecular weight is 230 g/mol. The number of hydrogen-bond donors (Lipinski definition) is 0. The Kier molecular flexibility index (Phi) is 2.75. The number of aromatic nitrogens is 1. The molecule has 14 heavy (non-hydrogen) atoms. The molecule has 0 aliphatic heterocycles. The number of carbonyl (C=O) groups excluding carboxylic acids is 1. The zero-order chi connectivity index (χ0) is 10.1. The van der Waals surface area contributed by atoms with E-state index in [1.807, 2.05) is 0 Å². The molecule has 1 aliphatic carbocycles. The van der Waals surface area contributed by atoms with Gasteiger partial charge in [-0.05, 0) is 24.0 Å². The molecule has 1 aromatic rings. The smallest absolute Gasteiger partial charge is 0.133 e. The lowest BCUT2D eigenvalue weighted by Gasteiger charge is -2.10. The largest absolute Gasteiger partial charge is 0.300 e. The van der Waals surface area contributed by atoms with Crippen LogP contribution in [-0.2, 0) is 4.79 Å². The van der Waals surface area contributed by atoms with E-state index in [-0.39, 0.29) is 5.92 Å². The van der Waals surface area contributed by atoms with E-state index < -0.39 is 0 Å². The van der Waals surface area contributed by atoms with Gasteiger partial charge in [0, 0.05) is 19.0 Å². The molecule has 2 rings (SSSR count). The van der Waals surface area contributed by atoms with Crippen LogP contribution in [0.1, 0.15) is 30.7 Å². The molecule has 0 amide bonds. The first-order chi connectivity index (χ1) is 6.66. The summed E-state index contributed by atoms with van der Waals surface area (Å²) in [5, 5.41) is 1.04. The van der Waals surface area contributed by atoms with Gasteiger partial charge in [0.25, 0.3) is 0 Å². The van der Waals surface area contributed by atoms with Crippen LogP contribution in [0.2, 0.25) is 10.2 Å². The monoisotopic (exact) mass is 229 g/mol. The molecule has 0 N–H and O–H groups in total. The number of hydrogen-bond acceptors (Lipinski definition) is 2. The van der Waals surface area contributed by atoms with Crippen molar-refractivity contribution in [3.05, 3.63) is 28.0 Å². The number of halogens is 2. The summed E-state index contributed by atoms with van der Waals surface area (Å²) >= 11 is 11.8. The van der Waals surface area contributed by atoms with Crippen LogP contribution in [0.15, 0.2) is 12.3 Å². The molecule has 0 spiro atoms. The van der Waals surface area contributed by atoms with Gasteiger partial charge in [-0.1, -0.05) is 23.2 Å². The molecule has 2 nitrogen and oxygen atoms in total. The van der Waals surface area contributed by atoms with Crippen molar-refractivity contribution in [2.45, 2.75) is 25.2 Å². The fourth-order valence-electron chi connectivity index (χ4n) is 1.82. The van der Waals surface area contributed by atoms with Crippen molar-refractivity contribution in [1.29, 1.82) is 0 Å². The standard InChI is InChI=1S/C10H9Cl2NO/c11-9-5-13-10(12)4-8(9)6-1-2-7(14)3-6/h4-6H,1-3H2. The Morgan fingerprint density at radius 3 is 2.86 bits per heavy atom. The SMILES string of the molecule is O=C1CCC(c2cc(Cl)ncc2Cl)C1. The second-order valence-electron chi connectivity index (χ2n) is 3.51. The van der Waals surface area contributed by atoms with Gasteiger partial charge in [0.1, 0.15) is 10.9 Å². The number of Topliss-reactive ketones (excluding diaryl/α,β-unsaturated/α-hetero) is 1. The van der Waals surface area contributed by atoms with E-state index in [2.05, 4.69) is 4.98 Å². The number of nitrogens with zero attached hydrogens (tertiary/aromatic N) is 1. The van der Waals surface area contributed by atoms with Gasteiger partial charge in [-0.2, -0.15) is 0 Å². The molecule has 1 aromatic heterocycles. The molecular formula is C10H9Cl2NO. The van der Waals surface area contributed by atoms with E-state index in [4.69, 9.17) is 23.2 Å². The maximum atomic E-state index is 11.1. The summed E-state index contributed by atoms with van der Waals surface area (Å²) in [6.07, 6.45) is 3.65. The van der Waals surface area contributed by atoms with Gasteiger partial charge in [0.05, 0.1) is 5.02 Å². The van der Waals surface area contributed by atoms with Crippen molar-refractivity contribution in [2.75, 3.05) is 0 Å². The van der Waals surface area contributed by atoms with Crippen LogP contribution in [0, 0.1) is 0 Å². The third kappa shape index (κ3) is 1.91. The Balaban J connectivity index is 2.31. The number of pyridine rings is 1.